The van der Waals surface area contributed by atoms with Crippen LogP contribution in [0.5, 0.6) is 0 Å². The van der Waals surface area contributed by atoms with Crippen LogP contribution in [0.4, 0.5) is 5.69 Å². The number of carbonyl (C=O) groups is 1. The summed E-state index contributed by atoms with van der Waals surface area (Å²) in [6, 6.07) is 10.7. The predicted octanol–water partition coefficient (Wildman–Crippen LogP) is 3.59. The second kappa shape index (κ2) is 7.68. The van der Waals surface area contributed by atoms with Crippen LogP contribution < -0.4 is 10.0 Å². The van der Waals surface area contributed by atoms with Gasteiger partial charge in [0.05, 0.1) is 10.6 Å². The molecule has 7 heteroatoms. The minimum Gasteiger partial charge on any atom is -0.352 e. The Labute approximate surface area is 147 Å². The number of halogens is 1. The molecule has 0 heterocycles. The number of hydrogen-bond acceptors (Lipinski definition) is 3. The number of carbonyl (C=O) groups excluding carboxylic acids is 1. The van der Waals surface area contributed by atoms with Gasteiger partial charge < -0.3 is 5.32 Å². The summed E-state index contributed by atoms with van der Waals surface area (Å²) in [5, 5.41) is 3.22. The van der Waals surface area contributed by atoms with Gasteiger partial charge in [-0.25, -0.2) is 8.42 Å². The quantitative estimate of drug-likeness (QED) is 0.820. The molecule has 0 saturated carbocycles. The molecule has 0 aliphatic carbocycles. The second-order valence-corrected chi connectivity index (χ2v) is 7.44. The third-order valence-electron chi connectivity index (χ3n) is 3.39. The molecule has 128 valence electrons. The van der Waals surface area contributed by atoms with Gasteiger partial charge in [0.1, 0.15) is 0 Å². The van der Waals surface area contributed by atoms with E-state index in [1.807, 2.05) is 13.8 Å². The third kappa shape index (κ3) is 4.49. The van der Waals surface area contributed by atoms with Crippen molar-refractivity contribution in [2.24, 2.45) is 0 Å². The molecule has 0 bridgehead atoms. The van der Waals surface area contributed by atoms with Gasteiger partial charge in [0.25, 0.3) is 15.9 Å². The van der Waals surface area contributed by atoms with E-state index in [0.717, 1.165) is 12.0 Å². The zero-order chi connectivity index (χ0) is 17.7. The molecule has 2 N–H and O–H groups in total. The molecular weight excluding hydrogens is 348 g/mol. The zero-order valence-corrected chi connectivity index (χ0v) is 15.0. The first-order chi connectivity index (χ1) is 11.3. The third-order valence-corrected chi connectivity index (χ3v) is 5.19. The molecule has 0 aromatic heterocycles. The highest BCUT2D eigenvalue weighted by Crippen LogP contribution is 2.22. The smallest absolute Gasteiger partial charge is 0.261 e. The average Bonchev–Trinajstić information content (AvgIpc) is 2.56. The first kappa shape index (κ1) is 18.3. The lowest BCUT2D eigenvalue weighted by Gasteiger charge is -2.10. The van der Waals surface area contributed by atoms with Crippen molar-refractivity contribution in [3.63, 3.8) is 0 Å². The number of aryl methyl sites for hydroxylation is 1. The number of nitrogens with one attached hydrogen (secondary N) is 2. The Hall–Kier alpha value is -2.05. The molecule has 2 aromatic rings. The monoisotopic (exact) mass is 366 g/mol. The average molecular weight is 367 g/mol. The van der Waals surface area contributed by atoms with Crippen molar-refractivity contribution in [1.82, 2.24) is 5.32 Å². The van der Waals surface area contributed by atoms with E-state index in [1.54, 1.807) is 18.2 Å². The van der Waals surface area contributed by atoms with Crippen LogP contribution in [0.1, 0.15) is 29.3 Å². The fourth-order valence-corrected chi connectivity index (χ4v) is 3.23. The molecule has 0 spiro atoms. The van der Waals surface area contributed by atoms with Crippen molar-refractivity contribution in [2.75, 3.05) is 11.3 Å². The zero-order valence-electron chi connectivity index (χ0n) is 13.5. The van der Waals surface area contributed by atoms with Crippen molar-refractivity contribution in [2.45, 2.75) is 25.2 Å². The van der Waals surface area contributed by atoms with Gasteiger partial charge in [-0.3, -0.25) is 9.52 Å². The van der Waals surface area contributed by atoms with Gasteiger partial charge in [0, 0.05) is 17.1 Å². The van der Waals surface area contributed by atoms with E-state index in [-0.39, 0.29) is 10.8 Å². The second-order valence-electron chi connectivity index (χ2n) is 5.35. The fraction of sp³-hybridized carbons (Fsp3) is 0.235. The molecular formula is C17H19ClN2O3S. The van der Waals surface area contributed by atoms with Gasteiger partial charge in [-0.05, 0) is 55.3 Å². The molecule has 2 rings (SSSR count). The molecule has 0 atom stereocenters. The van der Waals surface area contributed by atoms with E-state index in [4.69, 9.17) is 11.6 Å². The molecule has 0 saturated heterocycles. The van der Waals surface area contributed by atoms with Crippen LogP contribution in [0.3, 0.4) is 0 Å². The van der Waals surface area contributed by atoms with Gasteiger partial charge in [0.15, 0.2) is 0 Å². The maximum atomic E-state index is 12.4. The standard InChI is InChI=1S/C17H19ClN2O3S/c1-3-10-19-17(21)13-5-8-15(9-6-13)24(22,23)20-14-7-4-12(2)16(18)11-14/h4-9,11,20H,3,10H2,1-2H3,(H,19,21). The molecule has 1 amide bonds. The van der Waals surface area contributed by atoms with E-state index < -0.39 is 10.0 Å². The Kier molecular flexibility index (Phi) is 5.85. The summed E-state index contributed by atoms with van der Waals surface area (Å²) in [5.74, 6) is -0.223. The number of sulfonamides is 1. The lowest BCUT2D eigenvalue weighted by molar-refractivity contribution is 0.0953. The Bertz CT molecular complexity index is 833. The van der Waals surface area contributed by atoms with Gasteiger partial charge in [-0.2, -0.15) is 0 Å². The van der Waals surface area contributed by atoms with E-state index in [0.29, 0.717) is 22.8 Å². The van der Waals surface area contributed by atoms with E-state index in [2.05, 4.69) is 10.0 Å². The van der Waals surface area contributed by atoms with Crippen molar-refractivity contribution in [3.05, 3.63) is 58.6 Å². The summed E-state index contributed by atoms with van der Waals surface area (Å²) < 4.78 is 27.3. The van der Waals surface area contributed by atoms with Crippen molar-refractivity contribution in [3.8, 4) is 0 Å². The van der Waals surface area contributed by atoms with Crippen molar-refractivity contribution >= 4 is 33.2 Å². The largest absolute Gasteiger partial charge is 0.352 e. The highest BCUT2D eigenvalue weighted by molar-refractivity contribution is 7.92. The lowest BCUT2D eigenvalue weighted by Crippen LogP contribution is -2.24. The fourth-order valence-electron chi connectivity index (χ4n) is 2.00. The highest BCUT2D eigenvalue weighted by atomic mass is 35.5. The van der Waals surface area contributed by atoms with Crippen LogP contribution in [0.15, 0.2) is 47.4 Å². The van der Waals surface area contributed by atoms with E-state index >= 15 is 0 Å². The molecule has 5 nitrogen and oxygen atoms in total. The lowest BCUT2D eigenvalue weighted by atomic mass is 10.2. The SMILES string of the molecule is CCCNC(=O)c1ccc(S(=O)(=O)Nc2ccc(C)c(Cl)c2)cc1. The minimum absolute atomic E-state index is 0.0752. The molecule has 0 radical (unpaired) electrons. The maximum absolute atomic E-state index is 12.4. The van der Waals surface area contributed by atoms with Crippen LogP contribution in [0.2, 0.25) is 5.02 Å². The van der Waals surface area contributed by atoms with Gasteiger partial charge in [0.2, 0.25) is 0 Å². The number of amides is 1. The summed E-state index contributed by atoms with van der Waals surface area (Å²) in [6.45, 7) is 4.37. The van der Waals surface area contributed by atoms with Crippen LogP contribution in [0, 0.1) is 6.92 Å². The maximum Gasteiger partial charge on any atom is 0.261 e. The molecule has 0 unspecified atom stereocenters. The molecule has 0 aliphatic rings. The number of benzene rings is 2. The van der Waals surface area contributed by atoms with Crippen LogP contribution in [-0.2, 0) is 10.0 Å². The molecule has 2 aromatic carbocycles. The molecule has 0 aliphatic heterocycles. The molecule has 0 fully saturated rings. The molecule has 24 heavy (non-hydrogen) atoms. The van der Waals surface area contributed by atoms with E-state index in [9.17, 15) is 13.2 Å². The Morgan fingerprint density at radius 2 is 1.79 bits per heavy atom. The normalized spacial score (nSPS) is 11.1. The van der Waals surface area contributed by atoms with Crippen LogP contribution >= 0.6 is 11.6 Å². The van der Waals surface area contributed by atoms with E-state index in [1.165, 1.54) is 24.3 Å². The van der Waals surface area contributed by atoms with Crippen molar-refractivity contribution < 1.29 is 13.2 Å². The summed E-state index contributed by atoms with van der Waals surface area (Å²) in [4.78, 5) is 11.9. The Balaban J connectivity index is 2.17. The van der Waals surface area contributed by atoms with Crippen molar-refractivity contribution in [1.29, 1.82) is 0 Å². The summed E-state index contributed by atoms with van der Waals surface area (Å²) >= 11 is 6.01. The minimum atomic E-state index is -3.74. The summed E-state index contributed by atoms with van der Waals surface area (Å²) in [6.07, 6.45) is 0.835. The van der Waals surface area contributed by atoms with Gasteiger partial charge in [-0.15, -0.1) is 0 Å². The first-order valence-corrected chi connectivity index (χ1v) is 9.37. The topological polar surface area (TPSA) is 75.3 Å². The predicted molar refractivity (Wildman–Crippen MR) is 96.1 cm³/mol. The van der Waals surface area contributed by atoms with Gasteiger partial charge >= 0.3 is 0 Å². The number of anilines is 1. The number of rotatable bonds is 6. The highest BCUT2D eigenvalue weighted by Gasteiger charge is 2.15. The van der Waals surface area contributed by atoms with Crippen LogP contribution in [0.25, 0.3) is 0 Å². The number of hydrogen-bond donors (Lipinski definition) is 2. The van der Waals surface area contributed by atoms with Gasteiger partial charge in [-0.1, -0.05) is 24.6 Å². The Morgan fingerprint density at radius 3 is 2.38 bits per heavy atom. The first-order valence-electron chi connectivity index (χ1n) is 7.50. The van der Waals surface area contributed by atoms with Crippen LogP contribution in [-0.4, -0.2) is 20.9 Å². The Morgan fingerprint density at radius 1 is 1.12 bits per heavy atom. The summed E-state index contributed by atoms with van der Waals surface area (Å²) in [7, 11) is -3.74. The summed E-state index contributed by atoms with van der Waals surface area (Å²) in [5.41, 5.74) is 1.67.